The zero-order valence-electron chi connectivity index (χ0n) is 12.0. The van der Waals surface area contributed by atoms with Crippen LogP contribution in [-0.2, 0) is 0 Å². The summed E-state index contributed by atoms with van der Waals surface area (Å²) in [7, 11) is 0. The van der Waals surface area contributed by atoms with Crippen LogP contribution in [0, 0.1) is 15.9 Å². The first-order valence-corrected chi connectivity index (χ1v) is 7.29. The SMILES string of the molecule is O=C1NCCN1C1CCCN(c2ccc(F)cc2[N+](=O)[O-])C1. The Morgan fingerprint density at radius 3 is 2.86 bits per heavy atom. The van der Waals surface area contributed by atoms with Crippen LogP contribution in [0.1, 0.15) is 12.8 Å². The summed E-state index contributed by atoms with van der Waals surface area (Å²) in [6, 6.07) is 3.57. The second-order valence-corrected chi connectivity index (χ2v) is 5.56. The monoisotopic (exact) mass is 308 g/mol. The molecule has 1 aromatic carbocycles. The Morgan fingerprint density at radius 2 is 2.18 bits per heavy atom. The van der Waals surface area contributed by atoms with Crippen LogP contribution in [0.3, 0.4) is 0 Å². The van der Waals surface area contributed by atoms with Gasteiger partial charge in [-0.15, -0.1) is 0 Å². The van der Waals surface area contributed by atoms with E-state index in [-0.39, 0.29) is 17.8 Å². The number of nitrogens with zero attached hydrogens (tertiary/aromatic N) is 3. The van der Waals surface area contributed by atoms with E-state index in [1.807, 2.05) is 4.90 Å². The van der Waals surface area contributed by atoms with Crippen molar-refractivity contribution in [1.29, 1.82) is 0 Å². The molecule has 8 heteroatoms. The Bertz CT molecular complexity index is 610. The maximum Gasteiger partial charge on any atom is 0.317 e. The maximum absolute atomic E-state index is 13.3. The van der Waals surface area contributed by atoms with Gasteiger partial charge in [0, 0.05) is 26.2 Å². The van der Waals surface area contributed by atoms with Gasteiger partial charge < -0.3 is 15.1 Å². The summed E-state index contributed by atoms with van der Waals surface area (Å²) in [6.07, 6.45) is 1.71. The van der Waals surface area contributed by atoms with Crippen LogP contribution >= 0.6 is 0 Å². The average molecular weight is 308 g/mol. The number of hydrogen-bond acceptors (Lipinski definition) is 4. The van der Waals surface area contributed by atoms with Crippen molar-refractivity contribution < 1.29 is 14.1 Å². The van der Waals surface area contributed by atoms with E-state index in [0.717, 1.165) is 18.9 Å². The number of hydrogen-bond donors (Lipinski definition) is 1. The lowest BCUT2D eigenvalue weighted by Crippen LogP contribution is -2.49. The molecule has 1 N–H and O–H groups in total. The van der Waals surface area contributed by atoms with E-state index in [1.165, 1.54) is 12.1 Å². The molecule has 0 aliphatic carbocycles. The lowest BCUT2D eigenvalue weighted by molar-refractivity contribution is -0.384. The molecule has 0 saturated carbocycles. The van der Waals surface area contributed by atoms with Gasteiger partial charge in [-0.25, -0.2) is 9.18 Å². The molecule has 0 bridgehead atoms. The van der Waals surface area contributed by atoms with Gasteiger partial charge in [-0.1, -0.05) is 0 Å². The van der Waals surface area contributed by atoms with Crippen molar-refractivity contribution in [2.24, 2.45) is 0 Å². The van der Waals surface area contributed by atoms with Crippen LogP contribution in [0.25, 0.3) is 0 Å². The number of piperidine rings is 1. The number of nitrogens with one attached hydrogen (secondary N) is 1. The summed E-state index contributed by atoms with van der Waals surface area (Å²) in [5, 5.41) is 13.9. The minimum atomic E-state index is -0.622. The van der Waals surface area contributed by atoms with Crippen LogP contribution in [0.2, 0.25) is 0 Å². The van der Waals surface area contributed by atoms with Gasteiger partial charge in [0.1, 0.15) is 11.5 Å². The third kappa shape index (κ3) is 2.68. The smallest absolute Gasteiger partial charge is 0.317 e. The topological polar surface area (TPSA) is 78.7 Å². The van der Waals surface area contributed by atoms with E-state index >= 15 is 0 Å². The first-order valence-electron chi connectivity index (χ1n) is 7.29. The van der Waals surface area contributed by atoms with Gasteiger partial charge in [-0.2, -0.15) is 0 Å². The molecular formula is C14H17FN4O3. The summed E-state index contributed by atoms with van der Waals surface area (Å²) in [5.74, 6) is -0.622. The fraction of sp³-hybridized carbons (Fsp3) is 0.500. The van der Waals surface area contributed by atoms with E-state index in [4.69, 9.17) is 0 Å². The number of anilines is 1. The van der Waals surface area contributed by atoms with Crippen LogP contribution < -0.4 is 10.2 Å². The number of benzene rings is 1. The van der Waals surface area contributed by atoms with Gasteiger partial charge in [0.2, 0.25) is 0 Å². The van der Waals surface area contributed by atoms with Gasteiger partial charge in [0.05, 0.1) is 17.0 Å². The number of amides is 2. The van der Waals surface area contributed by atoms with Crippen LogP contribution in [0.4, 0.5) is 20.6 Å². The van der Waals surface area contributed by atoms with Gasteiger partial charge in [-0.3, -0.25) is 10.1 Å². The zero-order chi connectivity index (χ0) is 15.7. The third-order valence-electron chi connectivity index (χ3n) is 4.20. The highest BCUT2D eigenvalue weighted by molar-refractivity contribution is 5.76. The largest absolute Gasteiger partial charge is 0.364 e. The third-order valence-corrected chi connectivity index (χ3v) is 4.20. The summed E-state index contributed by atoms with van der Waals surface area (Å²) >= 11 is 0. The second-order valence-electron chi connectivity index (χ2n) is 5.56. The molecule has 3 rings (SSSR count). The van der Waals surface area contributed by atoms with Crippen LogP contribution in [0.15, 0.2) is 18.2 Å². The molecular weight excluding hydrogens is 291 g/mol. The molecule has 7 nitrogen and oxygen atoms in total. The maximum atomic E-state index is 13.3. The summed E-state index contributed by atoms with van der Waals surface area (Å²) in [5.41, 5.74) is 0.183. The molecule has 1 aromatic rings. The molecule has 2 aliphatic rings. The molecule has 2 saturated heterocycles. The van der Waals surface area contributed by atoms with Crippen LogP contribution in [-0.4, -0.2) is 48.1 Å². The van der Waals surface area contributed by atoms with E-state index in [2.05, 4.69) is 5.32 Å². The lowest BCUT2D eigenvalue weighted by atomic mass is 10.0. The highest BCUT2D eigenvalue weighted by atomic mass is 19.1. The van der Waals surface area contributed by atoms with Gasteiger partial charge in [0.25, 0.3) is 5.69 Å². The normalized spacial score (nSPS) is 21.9. The zero-order valence-corrected chi connectivity index (χ0v) is 12.0. The first-order chi connectivity index (χ1) is 10.6. The van der Waals surface area contributed by atoms with Crippen molar-refractivity contribution in [3.8, 4) is 0 Å². The van der Waals surface area contributed by atoms with Gasteiger partial charge in [-0.05, 0) is 25.0 Å². The first kappa shape index (κ1) is 14.6. The Labute approximate surface area is 126 Å². The summed E-state index contributed by atoms with van der Waals surface area (Å²) < 4.78 is 13.3. The molecule has 2 fully saturated rings. The summed E-state index contributed by atoms with van der Waals surface area (Å²) in [4.78, 5) is 26.0. The number of carbonyl (C=O) groups is 1. The number of urea groups is 1. The number of halogens is 1. The predicted molar refractivity (Wildman–Crippen MR) is 78.4 cm³/mol. The molecule has 0 spiro atoms. The molecule has 1 atom stereocenters. The fourth-order valence-corrected chi connectivity index (χ4v) is 3.17. The van der Waals surface area contributed by atoms with Crippen molar-refractivity contribution in [2.75, 3.05) is 31.1 Å². The molecule has 0 aromatic heterocycles. The second kappa shape index (κ2) is 5.78. The van der Waals surface area contributed by atoms with E-state index in [9.17, 15) is 19.3 Å². The Hall–Kier alpha value is -2.38. The minimum absolute atomic E-state index is 0.0286. The molecule has 2 aliphatic heterocycles. The Kier molecular flexibility index (Phi) is 3.82. The minimum Gasteiger partial charge on any atom is -0.364 e. The Morgan fingerprint density at radius 1 is 1.36 bits per heavy atom. The predicted octanol–water partition coefficient (Wildman–Crippen LogP) is 1.73. The summed E-state index contributed by atoms with van der Waals surface area (Å²) in [6.45, 7) is 2.48. The van der Waals surface area contributed by atoms with Crippen molar-refractivity contribution >= 4 is 17.4 Å². The quantitative estimate of drug-likeness (QED) is 0.681. The van der Waals surface area contributed by atoms with E-state index in [0.29, 0.717) is 31.9 Å². The average Bonchev–Trinajstić information content (AvgIpc) is 2.93. The van der Waals surface area contributed by atoms with Gasteiger partial charge in [0.15, 0.2) is 0 Å². The van der Waals surface area contributed by atoms with Crippen molar-refractivity contribution in [2.45, 2.75) is 18.9 Å². The van der Waals surface area contributed by atoms with Crippen molar-refractivity contribution in [1.82, 2.24) is 10.2 Å². The molecule has 1 unspecified atom stereocenters. The molecule has 22 heavy (non-hydrogen) atoms. The number of nitro benzene ring substituents is 1. The Balaban J connectivity index is 1.83. The highest BCUT2D eigenvalue weighted by Crippen LogP contribution is 2.32. The molecule has 118 valence electrons. The highest BCUT2D eigenvalue weighted by Gasteiger charge is 2.33. The number of carbonyl (C=O) groups excluding carboxylic acids is 1. The fourth-order valence-electron chi connectivity index (χ4n) is 3.17. The molecule has 2 amide bonds. The lowest BCUT2D eigenvalue weighted by Gasteiger charge is -2.37. The van der Waals surface area contributed by atoms with Gasteiger partial charge >= 0.3 is 6.03 Å². The standard InChI is InChI=1S/C14H17FN4O3/c15-10-3-4-12(13(8-10)19(21)22)17-6-1-2-11(9-17)18-7-5-16-14(18)20/h3-4,8,11H,1-2,5-7,9H2,(H,16,20). The van der Waals surface area contributed by atoms with Crippen LogP contribution in [0.5, 0.6) is 0 Å². The van der Waals surface area contributed by atoms with E-state index in [1.54, 1.807) is 4.90 Å². The molecule has 0 radical (unpaired) electrons. The number of nitro groups is 1. The molecule has 2 heterocycles. The number of rotatable bonds is 3. The van der Waals surface area contributed by atoms with Crippen molar-refractivity contribution in [3.05, 3.63) is 34.1 Å². The van der Waals surface area contributed by atoms with E-state index < -0.39 is 10.7 Å². The van der Waals surface area contributed by atoms with Crippen molar-refractivity contribution in [3.63, 3.8) is 0 Å².